The van der Waals surface area contributed by atoms with Crippen molar-refractivity contribution in [3.8, 4) is 0 Å². The molecule has 0 saturated carbocycles. The van der Waals surface area contributed by atoms with Gasteiger partial charge in [0, 0.05) is 39.4 Å². The van der Waals surface area contributed by atoms with E-state index in [0.29, 0.717) is 17.3 Å². The molecule has 5 heteroatoms. The third-order valence-electron chi connectivity index (χ3n) is 3.22. The summed E-state index contributed by atoms with van der Waals surface area (Å²) in [6.45, 7) is 2.30. The van der Waals surface area contributed by atoms with Gasteiger partial charge in [0.25, 0.3) is 5.91 Å². The number of anilines is 1. The summed E-state index contributed by atoms with van der Waals surface area (Å²) in [4.78, 5) is 14.1. The van der Waals surface area contributed by atoms with Crippen LogP contribution in [-0.2, 0) is 11.8 Å². The normalized spacial score (nSPS) is 19.9. The molecule has 1 atom stereocenters. The minimum atomic E-state index is 0.0582. The van der Waals surface area contributed by atoms with Crippen molar-refractivity contribution in [2.75, 3.05) is 32.5 Å². The molecule has 1 aliphatic heterocycles. The Balaban J connectivity index is 2.04. The van der Waals surface area contributed by atoms with Gasteiger partial charge in [-0.1, -0.05) is 0 Å². The Morgan fingerprint density at radius 3 is 3.00 bits per heavy atom. The Hall–Kier alpha value is -1.49. The van der Waals surface area contributed by atoms with Crippen molar-refractivity contribution in [1.29, 1.82) is 0 Å². The minimum Gasteiger partial charge on any atom is -0.397 e. The molecule has 2 heterocycles. The molecule has 1 aromatic heterocycles. The van der Waals surface area contributed by atoms with Crippen molar-refractivity contribution in [3.05, 3.63) is 18.0 Å². The number of likely N-dealkylation sites (tertiary alicyclic amines) is 1. The molecule has 0 bridgehead atoms. The number of aryl methyl sites for hydroxylation is 1. The molecular weight excluding hydrogens is 218 g/mol. The van der Waals surface area contributed by atoms with Gasteiger partial charge in [-0.3, -0.25) is 4.79 Å². The van der Waals surface area contributed by atoms with Crippen LogP contribution in [0.15, 0.2) is 12.3 Å². The van der Waals surface area contributed by atoms with E-state index < -0.39 is 0 Å². The highest BCUT2D eigenvalue weighted by Crippen LogP contribution is 2.20. The summed E-state index contributed by atoms with van der Waals surface area (Å²) in [7, 11) is 3.54. The molecule has 1 amide bonds. The first-order valence-corrected chi connectivity index (χ1v) is 5.82. The van der Waals surface area contributed by atoms with Crippen LogP contribution in [0.2, 0.25) is 0 Å². The van der Waals surface area contributed by atoms with Crippen LogP contribution in [0.5, 0.6) is 0 Å². The molecule has 2 rings (SSSR count). The lowest BCUT2D eigenvalue weighted by Crippen LogP contribution is -2.30. The van der Waals surface area contributed by atoms with Crippen LogP contribution in [0.25, 0.3) is 0 Å². The largest absolute Gasteiger partial charge is 0.397 e. The molecule has 1 aromatic rings. The van der Waals surface area contributed by atoms with Crippen molar-refractivity contribution in [3.63, 3.8) is 0 Å². The first kappa shape index (κ1) is 12.0. The van der Waals surface area contributed by atoms with Gasteiger partial charge in [0.15, 0.2) is 0 Å². The van der Waals surface area contributed by atoms with Gasteiger partial charge in [0.2, 0.25) is 0 Å². The zero-order valence-corrected chi connectivity index (χ0v) is 10.3. The predicted octanol–water partition coefficient (Wildman–Crippen LogP) is 0.716. The maximum atomic E-state index is 12.2. The molecule has 0 radical (unpaired) electrons. The highest BCUT2D eigenvalue weighted by Gasteiger charge is 2.28. The Labute approximate surface area is 101 Å². The van der Waals surface area contributed by atoms with E-state index in [4.69, 9.17) is 10.5 Å². The standard InChI is InChI=1S/C12H19N3O2/c1-14-7-10(13)5-11(14)12(16)15-4-3-9(6-15)8-17-2/h5,7,9H,3-4,6,8,13H2,1-2H3. The highest BCUT2D eigenvalue weighted by molar-refractivity contribution is 5.94. The molecule has 0 spiro atoms. The molecule has 17 heavy (non-hydrogen) atoms. The van der Waals surface area contributed by atoms with E-state index >= 15 is 0 Å². The van der Waals surface area contributed by atoms with Gasteiger partial charge in [0.05, 0.1) is 12.3 Å². The number of nitrogens with two attached hydrogens (primary N) is 1. The summed E-state index contributed by atoms with van der Waals surface area (Å²) < 4.78 is 6.90. The van der Waals surface area contributed by atoms with Gasteiger partial charge in [-0.25, -0.2) is 0 Å². The molecule has 5 nitrogen and oxygen atoms in total. The molecule has 2 N–H and O–H groups in total. The van der Waals surface area contributed by atoms with E-state index in [9.17, 15) is 4.79 Å². The van der Waals surface area contributed by atoms with E-state index in [1.165, 1.54) is 0 Å². The van der Waals surface area contributed by atoms with Gasteiger partial charge < -0.3 is 19.9 Å². The number of hydrogen-bond donors (Lipinski definition) is 1. The second-order valence-corrected chi connectivity index (χ2v) is 4.63. The van der Waals surface area contributed by atoms with Crippen molar-refractivity contribution in [2.24, 2.45) is 13.0 Å². The van der Waals surface area contributed by atoms with Crippen molar-refractivity contribution < 1.29 is 9.53 Å². The van der Waals surface area contributed by atoms with Gasteiger partial charge in [0.1, 0.15) is 5.69 Å². The lowest BCUT2D eigenvalue weighted by molar-refractivity contribution is 0.0766. The van der Waals surface area contributed by atoms with Crippen LogP contribution in [0.1, 0.15) is 16.9 Å². The van der Waals surface area contributed by atoms with Crippen LogP contribution in [-0.4, -0.2) is 42.2 Å². The fourth-order valence-electron chi connectivity index (χ4n) is 2.35. The molecule has 0 aromatic carbocycles. The van der Waals surface area contributed by atoms with E-state index in [1.807, 2.05) is 11.9 Å². The Kier molecular flexibility index (Phi) is 3.38. The van der Waals surface area contributed by atoms with E-state index in [2.05, 4.69) is 0 Å². The van der Waals surface area contributed by atoms with Gasteiger partial charge >= 0.3 is 0 Å². The average Bonchev–Trinajstić information content (AvgIpc) is 2.85. The summed E-state index contributed by atoms with van der Waals surface area (Å²) in [5, 5.41) is 0. The second kappa shape index (κ2) is 4.79. The van der Waals surface area contributed by atoms with Crippen LogP contribution >= 0.6 is 0 Å². The predicted molar refractivity (Wildman–Crippen MR) is 65.7 cm³/mol. The molecule has 0 aliphatic carbocycles. The Bertz CT molecular complexity index is 414. The topological polar surface area (TPSA) is 60.5 Å². The fourth-order valence-corrected chi connectivity index (χ4v) is 2.35. The number of ether oxygens (including phenoxy) is 1. The van der Waals surface area contributed by atoms with Gasteiger partial charge in [-0.15, -0.1) is 0 Å². The number of amides is 1. The summed E-state index contributed by atoms with van der Waals surface area (Å²) in [6, 6.07) is 1.73. The maximum absolute atomic E-state index is 12.2. The van der Waals surface area contributed by atoms with Crippen molar-refractivity contribution >= 4 is 11.6 Å². The molecule has 1 saturated heterocycles. The summed E-state index contributed by atoms with van der Waals surface area (Å²) in [5.41, 5.74) is 6.96. The number of carbonyl (C=O) groups is 1. The number of aromatic nitrogens is 1. The summed E-state index contributed by atoms with van der Waals surface area (Å²) in [5.74, 6) is 0.518. The van der Waals surface area contributed by atoms with E-state index in [0.717, 1.165) is 26.1 Å². The summed E-state index contributed by atoms with van der Waals surface area (Å²) >= 11 is 0. The Morgan fingerprint density at radius 2 is 2.41 bits per heavy atom. The lowest BCUT2D eigenvalue weighted by Gasteiger charge is -2.16. The van der Waals surface area contributed by atoms with E-state index in [-0.39, 0.29) is 5.91 Å². The molecule has 94 valence electrons. The third-order valence-corrected chi connectivity index (χ3v) is 3.22. The second-order valence-electron chi connectivity index (χ2n) is 4.63. The van der Waals surface area contributed by atoms with Crippen LogP contribution in [0, 0.1) is 5.92 Å². The monoisotopic (exact) mass is 237 g/mol. The molecule has 1 fully saturated rings. The average molecular weight is 237 g/mol. The molecular formula is C12H19N3O2. The zero-order valence-electron chi connectivity index (χ0n) is 10.3. The van der Waals surface area contributed by atoms with Crippen LogP contribution in [0.3, 0.4) is 0 Å². The van der Waals surface area contributed by atoms with Crippen molar-refractivity contribution in [1.82, 2.24) is 9.47 Å². The Morgan fingerprint density at radius 1 is 1.65 bits per heavy atom. The number of methoxy groups -OCH3 is 1. The first-order chi connectivity index (χ1) is 8.11. The third kappa shape index (κ3) is 2.44. The SMILES string of the molecule is COCC1CCN(C(=O)c2cc(N)cn2C)C1. The number of nitrogen functional groups attached to an aromatic ring is 1. The number of hydrogen-bond acceptors (Lipinski definition) is 3. The smallest absolute Gasteiger partial charge is 0.270 e. The quantitative estimate of drug-likeness (QED) is 0.842. The molecule has 1 aliphatic rings. The molecule has 1 unspecified atom stereocenters. The lowest BCUT2D eigenvalue weighted by atomic mass is 10.1. The van der Waals surface area contributed by atoms with Crippen molar-refractivity contribution in [2.45, 2.75) is 6.42 Å². The maximum Gasteiger partial charge on any atom is 0.270 e. The van der Waals surface area contributed by atoms with Crippen LogP contribution in [0.4, 0.5) is 5.69 Å². The summed E-state index contributed by atoms with van der Waals surface area (Å²) in [6.07, 6.45) is 2.77. The number of nitrogens with zero attached hydrogens (tertiary/aromatic N) is 2. The first-order valence-electron chi connectivity index (χ1n) is 5.82. The number of carbonyl (C=O) groups excluding carboxylic acids is 1. The zero-order chi connectivity index (χ0) is 12.4. The number of rotatable bonds is 3. The van der Waals surface area contributed by atoms with E-state index in [1.54, 1.807) is 23.9 Å². The minimum absolute atomic E-state index is 0.0582. The van der Waals surface area contributed by atoms with Gasteiger partial charge in [-0.05, 0) is 12.5 Å². The van der Waals surface area contributed by atoms with Crippen LogP contribution < -0.4 is 5.73 Å². The highest BCUT2D eigenvalue weighted by atomic mass is 16.5. The fraction of sp³-hybridized carbons (Fsp3) is 0.583. The van der Waals surface area contributed by atoms with Gasteiger partial charge in [-0.2, -0.15) is 0 Å².